The van der Waals surface area contributed by atoms with E-state index in [-0.39, 0.29) is 12.5 Å². The summed E-state index contributed by atoms with van der Waals surface area (Å²) in [5, 5.41) is 10.0. The highest BCUT2D eigenvalue weighted by atomic mass is 79.9. The van der Waals surface area contributed by atoms with Gasteiger partial charge in [0.05, 0.1) is 24.4 Å². The van der Waals surface area contributed by atoms with Crippen LogP contribution in [0.5, 0.6) is 11.5 Å². The molecule has 2 heterocycles. The summed E-state index contributed by atoms with van der Waals surface area (Å²) in [5.74, 6) is 1.46. The lowest BCUT2D eigenvalue weighted by Crippen LogP contribution is -2.46. The lowest BCUT2D eigenvalue weighted by molar-refractivity contribution is 0.0136. The van der Waals surface area contributed by atoms with Crippen molar-refractivity contribution >= 4 is 27.5 Å². The molecule has 0 bridgehead atoms. The summed E-state index contributed by atoms with van der Waals surface area (Å²) in [4.78, 5) is 4.12. The van der Waals surface area contributed by atoms with Gasteiger partial charge in [0, 0.05) is 15.6 Å². The van der Waals surface area contributed by atoms with Crippen LogP contribution in [0.15, 0.2) is 34.9 Å². The molecule has 1 aromatic heterocycles. The zero-order valence-electron chi connectivity index (χ0n) is 15.3. The zero-order valence-corrected chi connectivity index (χ0v) is 17.7. The van der Waals surface area contributed by atoms with Crippen LogP contribution in [0.2, 0.25) is 5.15 Å². The number of nitrogens with zero attached hydrogens (tertiary/aromatic N) is 2. The molecule has 2 aliphatic rings. The Balaban J connectivity index is 1.69. The van der Waals surface area contributed by atoms with Crippen molar-refractivity contribution in [2.45, 2.75) is 43.7 Å². The minimum absolute atomic E-state index is 0.155. The van der Waals surface area contributed by atoms with E-state index in [0.717, 1.165) is 35.7 Å². The van der Waals surface area contributed by atoms with Crippen LogP contribution in [0.25, 0.3) is 0 Å². The lowest BCUT2D eigenvalue weighted by Gasteiger charge is -2.38. The van der Waals surface area contributed by atoms with E-state index in [4.69, 9.17) is 26.8 Å². The van der Waals surface area contributed by atoms with E-state index in [1.54, 1.807) is 12.3 Å². The monoisotopic (exact) mass is 461 g/mol. The summed E-state index contributed by atoms with van der Waals surface area (Å²) in [7, 11) is 0. The van der Waals surface area contributed by atoms with Crippen molar-refractivity contribution in [3.05, 3.63) is 51.2 Å². The van der Waals surface area contributed by atoms with E-state index in [1.165, 1.54) is 6.42 Å². The number of rotatable bonds is 4. The molecule has 1 aliphatic heterocycles. The van der Waals surface area contributed by atoms with E-state index in [2.05, 4.69) is 27.0 Å². The molecular formula is C21H21BrClN3O2. The number of pyridine rings is 1. The SMILES string of the molecule is N#CC(OCC1(N)c2cc(Br)ccc2Oc2cnc(Cl)cc21)C1CCCCC1. The Labute approximate surface area is 177 Å². The van der Waals surface area contributed by atoms with Gasteiger partial charge in [-0.3, -0.25) is 0 Å². The number of hydrogen-bond donors (Lipinski definition) is 1. The maximum absolute atomic E-state index is 9.69. The molecule has 2 atom stereocenters. The number of fused-ring (bicyclic) bond motifs is 2. The Kier molecular flexibility index (Phi) is 5.62. The third-order valence-corrected chi connectivity index (χ3v) is 6.35. The molecule has 5 nitrogen and oxygen atoms in total. The molecule has 28 heavy (non-hydrogen) atoms. The third-order valence-electron chi connectivity index (χ3n) is 5.65. The first-order chi connectivity index (χ1) is 13.5. The Morgan fingerprint density at radius 1 is 1.29 bits per heavy atom. The number of nitriles is 1. The largest absolute Gasteiger partial charge is 0.455 e. The summed E-state index contributed by atoms with van der Waals surface area (Å²) in [6, 6.07) is 9.75. The quantitative estimate of drug-likeness (QED) is 0.624. The minimum atomic E-state index is -0.997. The molecule has 0 amide bonds. The highest BCUT2D eigenvalue weighted by Crippen LogP contribution is 2.47. The van der Waals surface area contributed by atoms with Gasteiger partial charge in [-0.05, 0) is 43.0 Å². The predicted molar refractivity (Wildman–Crippen MR) is 110 cm³/mol. The Bertz CT molecular complexity index is 873. The van der Waals surface area contributed by atoms with Gasteiger partial charge in [-0.1, -0.05) is 46.8 Å². The van der Waals surface area contributed by atoms with E-state index in [1.807, 2.05) is 18.2 Å². The lowest BCUT2D eigenvalue weighted by atomic mass is 9.81. The zero-order chi connectivity index (χ0) is 19.7. The maximum Gasteiger partial charge on any atom is 0.151 e. The number of ether oxygens (including phenoxy) is 2. The molecule has 2 N–H and O–H groups in total. The van der Waals surface area contributed by atoms with Gasteiger partial charge in [0.1, 0.15) is 17.0 Å². The van der Waals surface area contributed by atoms with Gasteiger partial charge in [-0.15, -0.1) is 0 Å². The van der Waals surface area contributed by atoms with Crippen LogP contribution in [-0.2, 0) is 10.3 Å². The molecule has 2 aromatic rings. The van der Waals surface area contributed by atoms with Gasteiger partial charge < -0.3 is 15.2 Å². The van der Waals surface area contributed by atoms with Gasteiger partial charge in [0.25, 0.3) is 0 Å². The van der Waals surface area contributed by atoms with Crippen molar-refractivity contribution in [3.63, 3.8) is 0 Å². The smallest absolute Gasteiger partial charge is 0.151 e. The summed E-state index contributed by atoms with van der Waals surface area (Å²) in [6.07, 6.45) is 6.67. The molecule has 7 heteroatoms. The first-order valence-corrected chi connectivity index (χ1v) is 10.6. The van der Waals surface area contributed by atoms with Crippen LogP contribution in [0, 0.1) is 17.2 Å². The fourth-order valence-corrected chi connectivity index (χ4v) is 4.66. The van der Waals surface area contributed by atoms with Gasteiger partial charge >= 0.3 is 0 Å². The Morgan fingerprint density at radius 3 is 2.79 bits per heavy atom. The third kappa shape index (κ3) is 3.65. The van der Waals surface area contributed by atoms with Crippen molar-refractivity contribution in [2.24, 2.45) is 11.7 Å². The maximum atomic E-state index is 9.69. The molecule has 1 fully saturated rings. The number of halogens is 2. The van der Waals surface area contributed by atoms with Gasteiger partial charge in [0.15, 0.2) is 5.75 Å². The summed E-state index contributed by atoms with van der Waals surface area (Å²) >= 11 is 9.66. The first-order valence-electron chi connectivity index (χ1n) is 9.45. The average Bonchev–Trinajstić information content (AvgIpc) is 2.71. The van der Waals surface area contributed by atoms with Crippen molar-refractivity contribution < 1.29 is 9.47 Å². The van der Waals surface area contributed by atoms with E-state index >= 15 is 0 Å². The van der Waals surface area contributed by atoms with Gasteiger partial charge in [-0.25, -0.2) is 4.98 Å². The van der Waals surface area contributed by atoms with Crippen LogP contribution in [-0.4, -0.2) is 17.7 Å². The van der Waals surface area contributed by atoms with Crippen LogP contribution < -0.4 is 10.5 Å². The van der Waals surface area contributed by atoms with Gasteiger partial charge in [0.2, 0.25) is 0 Å². The van der Waals surface area contributed by atoms with Gasteiger partial charge in [-0.2, -0.15) is 5.26 Å². The van der Waals surface area contributed by atoms with Crippen LogP contribution >= 0.6 is 27.5 Å². The molecule has 1 aliphatic carbocycles. The number of nitrogens with two attached hydrogens (primary N) is 1. The normalized spacial score (nSPS) is 22.5. The molecule has 4 rings (SSSR count). The van der Waals surface area contributed by atoms with Crippen molar-refractivity contribution in [3.8, 4) is 17.6 Å². The fourth-order valence-electron chi connectivity index (χ4n) is 4.14. The van der Waals surface area contributed by atoms with Crippen LogP contribution in [0.3, 0.4) is 0 Å². The van der Waals surface area contributed by atoms with E-state index in [9.17, 15) is 5.26 Å². The molecular weight excluding hydrogens is 442 g/mol. The van der Waals surface area contributed by atoms with Crippen molar-refractivity contribution in [2.75, 3.05) is 6.61 Å². The molecule has 1 saturated carbocycles. The summed E-state index contributed by atoms with van der Waals surface area (Å²) in [5.41, 5.74) is 7.43. The molecule has 146 valence electrons. The molecule has 2 unspecified atom stereocenters. The van der Waals surface area contributed by atoms with E-state index in [0.29, 0.717) is 22.2 Å². The topological polar surface area (TPSA) is 81.2 Å². The van der Waals surface area contributed by atoms with Crippen LogP contribution in [0.4, 0.5) is 0 Å². The standard InChI is InChI=1S/C21H21BrClN3O2/c22-14-6-7-17-15(8-14)21(25,16-9-20(23)26-11-19(16)28-17)12-27-18(10-24)13-4-2-1-3-5-13/h6-9,11,13,18H,1-5,12,25H2. The molecule has 0 radical (unpaired) electrons. The average molecular weight is 463 g/mol. The first kappa shape index (κ1) is 19.7. The van der Waals surface area contributed by atoms with Crippen molar-refractivity contribution in [1.82, 2.24) is 4.98 Å². The van der Waals surface area contributed by atoms with Crippen LogP contribution in [0.1, 0.15) is 43.2 Å². The fraction of sp³-hybridized carbons (Fsp3) is 0.429. The second-order valence-corrected chi connectivity index (χ2v) is 8.78. The highest BCUT2D eigenvalue weighted by Gasteiger charge is 2.41. The number of hydrogen-bond acceptors (Lipinski definition) is 5. The molecule has 0 saturated heterocycles. The molecule has 0 spiro atoms. The second kappa shape index (κ2) is 8.00. The van der Waals surface area contributed by atoms with Crippen molar-refractivity contribution in [1.29, 1.82) is 5.26 Å². The number of benzene rings is 1. The summed E-state index contributed by atoms with van der Waals surface area (Å²) < 4.78 is 13.0. The Morgan fingerprint density at radius 2 is 2.04 bits per heavy atom. The number of aromatic nitrogens is 1. The minimum Gasteiger partial charge on any atom is -0.455 e. The predicted octanol–water partition coefficient (Wildman–Crippen LogP) is 5.29. The van der Waals surface area contributed by atoms with E-state index < -0.39 is 11.6 Å². The summed E-state index contributed by atoms with van der Waals surface area (Å²) in [6.45, 7) is 0.155. The molecule has 1 aromatic carbocycles. The second-order valence-electron chi connectivity index (χ2n) is 7.48. The highest BCUT2D eigenvalue weighted by molar-refractivity contribution is 9.10. The Hall–Kier alpha value is -1.65.